The molecule has 0 N–H and O–H groups in total. The molecule has 13 heavy (non-hydrogen) atoms. The van der Waals surface area contributed by atoms with Gasteiger partial charge in [0.1, 0.15) is 10.0 Å². The average Bonchev–Trinajstić information content (AvgIpc) is 2.75. The van der Waals surface area contributed by atoms with Crippen molar-refractivity contribution in [1.82, 2.24) is 10.2 Å². The van der Waals surface area contributed by atoms with E-state index in [0.29, 0.717) is 5.92 Å². The van der Waals surface area contributed by atoms with E-state index < -0.39 is 0 Å². The highest BCUT2D eigenvalue weighted by molar-refractivity contribution is 7.11. The van der Waals surface area contributed by atoms with Gasteiger partial charge in [-0.05, 0) is 13.3 Å². The fourth-order valence-electron chi connectivity index (χ4n) is 1.30. The minimum Gasteiger partial charge on any atom is -0.381 e. The topological polar surface area (TPSA) is 35.0 Å². The van der Waals surface area contributed by atoms with Gasteiger partial charge in [-0.1, -0.05) is 11.3 Å². The number of aromatic nitrogens is 2. The Morgan fingerprint density at radius 2 is 2.46 bits per heavy atom. The van der Waals surface area contributed by atoms with E-state index in [2.05, 4.69) is 10.2 Å². The first kappa shape index (κ1) is 9.37. The lowest BCUT2D eigenvalue weighted by atomic mass is 10.1. The summed E-state index contributed by atoms with van der Waals surface area (Å²) in [6.07, 6.45) is 1.06. The van der Waals surface area contributed by atoms with E-state index in [1.165, 1.54) is 0 Å². The largest absolute Gasteiger partial charge is 0.381 e. The molecule has 5 heteroatoms. The second-order valence-electron chi connectivity index (χ2n) is 3.16. The lowest BCUT2D eigenvalue weighted by molar-refractivity contribution is 0.194. The predicted octanol–water partition coefficient (Wildman–Crippen LogP) is 2.34. The molecular formula is C8H11ClN2OS. The molecule has 0 bridgehead atoms. The average molecular weight is 219 g/mol. The number of ether oxygens (including phenoxy) is 1. The molecule has 1 saturated heterocycles. The fraction of sp³-hybridized carbons (Fsp3) is 0.750. The van der Waals surface area contributed by atoms with Crippen LogP contribution in [0.3, 0.4) is 0 Å². The van der Waals surface area contributed by atoms with Gasteiger partial charge in [0.05, 0.1) is 12.0 Å². The molecule has 0 saturated carbocycles. The summed E-state index contributed by atoms with van der Waals surface area (Å²) in [4.78, 5) is 0. The van der Waals surface area contributed by atoms with Gasteiger partial charge in [0.15, 0.2) is 0 Å². The van der Waals surface area contributed by atoms with Crippen LogP contribution in [-0.4, -0.2) is 23.4 Å². The van der Waals surface area contributed by atoms with Crippen molar-refractivity contribution in [3.05, 3.63) is 10.0 Å². The van der Waals surface area contributed by atoms with E-state index in [1.807, 2.05) is 6.92 Å². The van der Waals surface area contributed by atoms with Gasteiger partial charge in [-0.2, -0.15) is 0 Å². The quantitative estimate of drug-likeness (QED) is 0.715. The Bertz CT molecular complexity index is 283. The predicted molar refractivity (Wildman–Crippen MR) is 52.4 cm³/mol. The van der Waals surface area contributed by atoms with Crippen LogP contribution in [-0.2, 0) is 4.74 Å². The van der Waals surface area contributed by atoms with Crippen LogP contribution in [0.1, 0.15) is 34.7 Å². The summed E-state index contributed by atoms with van der Waals surface area (Å²) in [6.45, 7) is 3.54. The third-order valence-corrected chi connectivity index (χ3v) is 3.68. The van der Waals surface area contributed by atoms with Crippen molar-refractivity contribution in [3.8, 4) is 0 Å². The first-order valence-corrected chi connectivity index (χ1v) is 5.58. The van der Waals surface area contributed by atoms with Crippen LogP contribution < -0.4 is 0 Å². The Kier molecular flexibility index (Phi) is 2.81. The summed E-state index contributed by atoms with van der Waals surface area (Å²) in [5, 5.41) is 10.1. The minimum absolute atomic E-state index is 0.0337. The maximum Gasteiger partial charge on any atom is 0.135 e. The number of hydrogen-bond acceptors (Lipinski definition) is 4. The highest BCUT2D eigenvalue weighted by Gasteiger charge is 2.22. The molecule has 1 fully saturated rings. The van der Waals surface area contributed by atoms with Crippen molar-refractivity contribution in [2.75, 3.05) is 13.2 Å². The van der Waals surface area contributed by atoms with Crippen molar-refractivity contribution < 1.29 is 4.74 Å². The van der Waals surface area contributed by atoms with Crippen molar-refractivity contribution >= 4 is 22.9 Å². The third-order valence-electron chi connectivity index (χ3n) is 2.08. The molecule has 1 aliphatic rings. The maximum absolute atomic E-state index is 5.90. The molecule has 0 spiro atoms. The minimum atomic E-state index is -0.0337. The first-order chi connectivity index (χ1) is 6.27. The van der Waals surface area contributed by atoms with E-state index >= 15 is 0 Å². The maximum atomic E-state index is 5.90. The zero-order valence-electron chi connectivity index (χ0n) is 7.36. The standard InChI is InChI=1S/C8H11ClN2OS/c1-5(9)7-10-11-8(13-7)6-2-3-12-4-6/h5-6H,2-4H2,1H3. The lowest BCUT2D eigenvalue weighted by Gasteiger charge is -1.99. The number of nitrogens with zero attached hydrogens (tertiary/aromatic N) is 2. The van der Waals surface area contributed by atoms with E-state index in [-0.39, 0.29) is 5.38 Å². The molecule has 0 radical (unpaired) electrons. The first-order valence-electron chi connectivity index (χ1n) is 4.32. The van der Waals surface area contributed by atoms with Crippen molar-refractivity contribution in [2.24, 2.45) is 0 Å². The summed E-state index contributed by atoms with van der Waals surface area (Å²) < 4.78 is 5.29. The summed E-state index contributed by atoms with van der Waals surface area (Å²) in [7, 11) is 0. The number of halogens is 1. The molecule has 0 aromatic carbocycles. The van der Waals surface area contributed by atoms with Crippen LogP contribution in [0.2, 0.25) is 0 Å². The van der Waals surface area contributed by atoms with Crippen LogP contribution in [0.5, 0.6) is 0 Å². The van der Waals surface area contributed by atoms with E-state index in [9.17, 15) is 0 Å². The van der Waals surface area contributed by atoms with Gasteiger partial charge in [0, 0.05) is 12.5 Å². The molecule has 3 nitrogen and oxygen atoms in total. The van der Waals surface area contributed by atoms with Crippen LogP contribution in [0.15, 0.2) is 0 Å². The van der Waals surface area contributed by atoms with Gasteiger partial charge in [-0.3, -0.25) is 0 Å². The van der Waals surface area contributed by atoms with Crippen molar-refractivity contribution in [2.45, 2.75) is 24.6 Å². The Balaban J connectivity index is 2.12. The molecule has 1 aromatic rings. The summed E-state index contributed by atoms with van der Waals surface area (Å²) in [5.74, 6) is 0.446. The molecule has 1 aromatic heterocycles. The van der Waals surface area contributed by atoms with Crippen LogP contribution in [0.4, 0.5) is 0 Å². The molecule has 2 unspecified atom stereocenters. The molecule has 1 aliphatic heterocycles. The highest BCUT2D eigenvalue weighted by atomic mass is 35.5. The molecule has 2 atom stereocenters. The Morgan fingerprint density at radius 1 is 1.62 bits per heavy atom. The summed E-state index contributed by atoms with van der Waals surface area (Å²) in [6, 6.07) is 0. The Morgan fingerprint density at radius 3 is 3.00 bits per heavy atom. The smallest absolute Gasteiger partial charge is 0.135 e. The van der Waals surface area contributed by atoms with Gasteiger partial charge in [0.2, 0.25) is 0 Å². The van der Waals surface area contributed by atoms with Crippen molar-refractivity contribution in [1.29, 1.82) is 0 Å². The van der Waals surface area contributed by atoms with Gasteiger partial charge < -0.3 is 4.74 Å². The molecule has 0 aliphatic carbocycles. The van der Waals surface area contributed by atoms with Crippen LogP contribution in [0.25, 0.3) is 0 Å². The van der Waals surface area contributed by atoms with Gasteiger partial charge in [-0.25, -0.2) is 0 Å². The van der Waals surface area contributed by atoms with Gasteiger partial charge in [0.25, 0.3) is 0 Å². The number of hydrogen-bond donors (Lipinski definition) is 0. The fourth-order valence-corrected chi connectivity index (χ4v) is 2.37. The Hall–Kier alpha value is -0.190. The molecule has 0 amide bonds. The highest BCUT2D eigenvalue weighted by Crippen LogP contribution is 2.31. The van der Waals surface area contributed by atoms with Crippen LogP contribution in [0, 0.1) is 0 Å². The Labute approximate surface area is 86.1 Å². The van der Waals surface area contributed by atoms with Gasteiger partial charge >= 0.3 is 0 Å². The number of alkyl halides is 1. The van der Waals surface area contributed by atoms with Crippen LogP contribution >= 0.6 is 22.9 Å². The SMILES string of the molecule is CC(Cl)c1nnc(C2CCOC2)s1. The second kappa shape index (κ2) is 3.90. The number of rotatable bonds is 2. The van der Waals surface area contributed by atoms with E-state index in [0.717, 1.165) is 29.6 Å². The van der Waals surface area contributed by atoms with Crippen molar-refractivity contribution in [3.63, 3.8) is 0 Å². The summed E-state index contributed by atoms with van der Waals surface area (Å²) in [5.41, 5.74) is 0. The monoisotopic (exact) mass is 218 g/mol. The zero-order chi connectivity index (χ0) is 9.26. The lowest BCUT2D eigenvalue weighted by Crippen LogP contribution is -1.95. The summed E-state index contributed by atoms with van der Waals surface area (Å²) >= 11 is 7.50. The van der Waals surface area contributed by atoms with Gasteiger partial charge in [-0.15, -0.1) is 21.8 Å². The van der Waals surface area contributed by atoms with E-state index in [1.54, 1.807) is 11.3 Å². The normalized spacial score (nSPS) is 24.9. The molecular weight excluding hydrogens is 208 g/mol. The third kappa shape index (κ3) is 2.00. The molecule has 2 rings (SSSR count). The second-order valence-corrected chi connectivity index (χ2v) is 4.85. The van der Waals surface area contributed by atoms with E-state index in [4.69, 9.17) is 16.3 Å². The molecule has 2 heterocycles. The zero-order valence-corrected chi connectivity index (χ0v) is 8.94. The molecule has 72 valence electrons.